The third-order valence-corrected chi connectivity index (χ3v) is 3.76. The molecule has 0 fully saturated rings. The summed E-state index contributed by atoms with van der Waals surface area (Å²) in [5.74, 6) is 0. The average molecular weight is 248 g/mol. The molecule has 1 heterocycles. The molecule has 0 amide bonds. The van der Waals surface area contributed by atoms with Gasteiger partial charge in [0.15, 0.2) is 0 Å². The minimum Gasteiger partial charge on any atom is -0.371 e. The van der Waals surface area contributed by atoms with Crippen molar-refractivity contribution in [1.29, 1.82) is 5.26 Å². The predicted octanol–water partition coefficient (Wildman–Crippen LogP) is 3.16. The molecule has 0 aromatic heterocycles. The lowest BCUT2D eigenvalue weighted by Crippen LogP contribution is -2.25. The second kappa shape index (κ2) is 5.16. The molecule has 0 atom stereocenters. The fraction of sp³-hybridized carbons (Fsp3) is 0.235. The van der Waals surface area contributed by atoms with Gasteiger partial charge in [0.05, 0.1) is 11.6 Å². The van der Waals surface area contributed by atoms with E-state index < -0.39 is 0 Å². The second-order valence-corrected chi connectivity index (χ2v) is 4.92. The van der Waals surface area contributed by atoms with E-state index >= 15 is 0 Å². The van der Waals surface area contributed by atoms with Crippen LogP contribution in [0.25, 0.3) is 0 Å². The van der Waals surface area contributed by atoms with Crippen LogP contribution in [0.5, 0.6) is 0 Å². The maximum absolute atomic E-state index is 8.99. The molecule has 0 unspecified atom stereocenters. The first-order valence-corrected chi connectivity index (χ1v) is 6.69. The van der Waals surface area contributed by atoms with Gasteiger partial charge in [-0.15, -0.1) is 0 Å². The summed E-state index contributed by atoms with van der Waals surface area (Å²) in [7, 11) is 0. The summed E-state index contributed by atoms with van der Waals surface area (Å²) < 4.78 is 0. The van der Waals surface area contributed by atoms with Crippen molar-refractivity contribution >= 4 is 5.69 Å². The Kier molecular flexibility index (Phi) is 3.20. The maximum Gasteiger partial charge on any atom is 0.0992 e. The van der Waals surface area contributed by atoms with Crippen LogP contribution in [0.2, 0.25) is 0 Å². The number of anilines is 1. The Balaban J connectivity index is 1.84. The first-order chi connectivity index (χ1) is 9.36. The van der Waals surface area contributed by atoms with E-state index in [1.54, 1.807) is 0 Å². The maximum atomic E-state index is 8.99. The average Bonchev–Trinajstić information content (AvgIpc) is 2.70. The van der Waals surface area contributed by atoms with Gasteiger partial charge in [-0.1, -0.05) is 30.3 Å². The Hall–Kier alpha value is -2.27. The fourth-order valence-corrected chi connectivity index (χ4v) is 2.70. The number of fused-ring (bicyclic) bond motifs is 1. The normalized spacial score (nSPS) is 14.4. The van der Waals surface area contributed by atoms with Crippen LogP contribution in [0.3, 0.4) is 0 Å². The molecule has 19 heavy (non-hydrogen) atoms. The van der Waals surface area contributed by atoms with Gasteiger partial charge in [-0.3, -0.25) is 0 Å². The Morgan fingerprint density at radius 2 is 1.58 bits per heavy atom. The third-order valence-electron chi connectivity index (χ3n) is 3.76. The molecule has 2 heteroatoms. The summed E-state index contributed by atoms with van der Waals surface area (Å²) in [6.07, 6.45) is 2.15. The van der Waals surface area contributed by atoms with Crippen LogP contribution >= 0.6 is 0 Å². The molecule has 1 aliphatic rings. The summed E-state index contributed by atoms with van der Waals surface area (Å²) in [6, 6.07) is 18.8. The van der Waals surface area contributed by atoms with Crippen molar-refractivity contribution in [3.63, 3.8) is 0 Å². The number of rotatable bonds is 1. The SMILES string of the molecule is N#Cc1cccc(N2CCc3ccccc3CC2)c1. The lowest BCUT2D eigenvalue weighted by Gasteiger charge is -2.22. The molecule has 0 radical (unpaired) electrons. The van der Waals surface area contributed by atoms with Crippen molar-refractivity contribution in [1.82, 2.24) is 0 Å². The van der Waals surface area contributed by atoms with Crippen LogP contribution in [0.4, 0.5) is 5.69 Å². The first kappa shape index (κ1) is 11.8. The molecular formula is C17H16N2. The highest BCUT2D eigenvalue weighted by Gasteiger charge is 2.13. The standard InChI is InChI=1S/C17H16N2/c18-13-14-4-3-7-17(12-14)19-10-8-15-5-1-2-6-16(15)9-11-19/h1-7,12H,8-11H2. The number of hydrogen-bond acceptors (Lipinski definition) is 2. The van der Waals surface area contributed by atoms with E-state index in [0.29, 0.717) is 0 Å². The van der Waals surface area contributed by atoms with Gasteiger partial charge in [-0.05, 0) is 42.2 Å². The summed E-state index contributed by atoms with van der Waals surface area (Å²) >= 11 is 0. The van der Waals surface area contributed by atoms with Gasteiger partial charge in [0.2, 0.25) is 0 Å². The Morgan fingerprint density at radius 1 is 0.895 bits per heavy atom. The minimum atomic E-state index is 0.735. The van der Waals surface area contributed by atoms with Crippen LogP contribution < -0.4 is 4.90 Å². The fourth-order valence-electron chi connectivity index (χ4n) is 2.70. The lowest BCUT2D eigenvalue weighted by atomic mass is 10.0. The molecular weight excluding hydrogens is 232 g/mol. The van der Waals surface area contributed by atoms with E-state index in [1.165, 1.54) is 11.1 Å². The number of nitrogens with zero attached hydrogens (tertiary/aromatic N) is 2. The highest BCUT2D eigenvalue weighted by Crippen LogP contribution is 2.21. The molecule has 2 aromatic carbocycles. The van der Waals surface area contributed by atoms with E-state index in [9.17, 15) is 0 Å². The van der Waals surface area contributed by atoms with Gasteiger partial charge in [-0.2, -0.15) is 5.26 Å². The van der Waals surface area contributed by atoms with Gasteiger partial charge < -0.3 is 4.90 Å². The lowest BCUT2D eigenvalue weighted by molar-refractivity contribution is 0.805. The van der Waals surface area contributed by atoms with E-state index in [4.69, 9.17) is 5.26 Å². The van der Waals surface area contributed by atoms with E-state index in [2.05, 4.69) is 41.3 Å². The number of hydrogen-bond donors (Lipinski definition) is 0. The molecule has 0 aliphatic carbocycles. The topological polar surface area (TPSA) is 27.0 Å². The van der Waals surface area contributed by atoms with Crippen molar-refractivity contribution in [2.45, 2.75) is 12.8 Å². The number of nitriles is 1. The van der Waals surface area contributed by atoms with Gasteiger partial charge >= 0.3 is 0 Å². The van der Waals surface area contributed by atoms with Crippen LogP contribution in [0.1, 0.15) is 16.7 Å². The highest BCUT2D eigenvalue weighted by molar-refractivity contribution is 5.52. The predicted molar refractivity (Wildman–Crippen MR) is 77.2 cm³/mol. The van der Waals surface area contributed by atoms with Crippen molar-refractivity contribution in [2.75, 3.05) is 18.0 Å². The molecule has 94 valence electrons. The van der Waals surface area contributed by atoms with Crippen molar-refractivity contribution < 1.29 is 0 Å². The summed E-state index contributed by atoms with van der Waals surface area (Å²) in [6.45, 7) is 2.04. The third kappa shape index (κ3) is 2.46. The Morgan fingerprint density at radius 3 is 2.21 bits per heavy atom. The van der Waals surface area contributed by atoms with Gasteiger partial charge in [0, 0.05) is 18.8 Å². The molecule has 0 saturated heterocycles. The molecule has 0 bridgehead atoms. The van der Waals surface area contributed by atoms with Gasteiger partial charge in [0.25, 0.3) is 0 Å². The van der Waals surface area contributed by atoms with E-state index in [-0.39, 0.29) is 0 Å². The van der Waals surface area contributed by atoms with Gasteiger partial charge in [-0.25, -0.2) is 0 Å². The van der Waals surface area contributed by atoms with Crippen molar-refractivity contribution in [2.24, 2.45) is 0 Å². The Labute approximate surface area is 113 Å². The second-order valence-electron chi connectivity index (χ2n) is 4.92. The van der Waals surface area contributed by atoms with Crippen LogP contribution in [0.15, 0.2) is 48.5 Å². The molecule has 0 saturated carbocycles. The molecule has 1 aliphatic heterocycles. The molecule has 3 rings (SSSR count). The largest absolute Gasteiger partial charge is 0.371 e. The molecule has 2 aromatic rings. The van der Waals surface area contributed by atoms with Gasteiger partial charge in [0.1, 0.15) is 0 Å². The smallest absolute Gasteiger partial charge is 0.0992 e. The zero-order valence-electron chi connectivity index (χ0n) is 10.8. The van der Waals surface area contributed by atoms with Crippen LogP contribution in [-0.4, -0.2) is 13.1 Å². The molecule has 0 N–H and O–H groups in total. The summed E-state index contributed by atoms with van der Waals surface area (Å²) in [5.41, 5.74) is 4.81. The van der Waals surface area contributed by atoms with Crippen LogP contribution in [0, 0.1) is 11.3 Å². The monoisotopic (exact) mass is 248 g/mol. The summed E-state index contributed by atoms with van der Waals surface area (Å²) in [5, 5.41) is 8.99. The minimum absolute atomic E-state index is 0.735. The summed E-state index contributed by atoms with van der Waals surface area (Å²) in [4.78, 5) is 2.38. The zero-order valence-corrected chi connectivity index (χ0v) is 10.8. The molecule has 2 nitrogen and oxygen atoms in total. The quantitative estimate of drug-likeness (QED) is 0.775. The number of benzene rings is 2. The first-order valence-electron chi connectivity index (χ1n) is 6.69. The van der Waals surface area contributed by atoms with Crippen LogP contribution in [-0.2, 0) is 12.8 Å². The van der Waals surface area contributed by atoms with E-state index in [1.807, 2.05) is 18.2 Å². The van der Waals surface area contributed by atoms with Crippen molar-refractivity contribution in [3.05, 3.63) is 65.2 Å². The van der Waals surface area contributed by atoms with Crippen molar-refractivity contribution in [3.8, 4) is 6.07 Å². The highest BCUT2D eigenvalue weighted by atomic mass is 15.1. The Bertz CT molecular complexity index is 598. The molecule has 0 spiro atoms. The zero-order chi connectivity index (χ0) is 13.1. The van der Waals surface area contributed by atoms with E-state index in [0.717, 1.165) is 37.2 Å².